The van der Waals surface area contributed by atoms with E-state index in [0.717, 1.165) is 49.9 Å². The van der Waals surface area contributed by atoms with E-state index in [1.807, 2.05) is 18.2 Å². The summed E-state index contributed by atoms with van der Waals surface area (Å²) in [7, 11) is 0. The van der Waals surface area contributed by atoms with Crippen LogP contribution in [-0.4, -0.2) is 24.1 Å². The maximum atomic E-state index is 5.34. The first-order chi connectivity index (χ1) is 30.7. The largest absolute Gasteiger partial charge is 0.309 e. The zero-order valence-corrected chi connectivity index (χ0v) is 33.4. The summed E-state index contributed by atoms with van der Waals surface area (Å²) in [6.45, 7) is 0. The van der Waals surface area contributed by atoms with Crippen molar-refractivity contribution in [2.45, 2.75) is 0 Å². The van der Waals surface area contributed by atoms with E-state index in [9.17, 15) is 0 Å². The molecule has 0 bridgehead atoms. The second-order valence-corrected chi connectivity index (χ2v) is 16.0. The highest BCUT2D eigenvalue weighted by atomic mass is 15.1. The number of aromatic nitrogens is 5. The molecule has 5 heteroatoms. The molecule has 288 valence electrons. The van der Waals surface area contributed by atoms with Crippen molar-refractivity contribution in [1.82, 2.24) is 24.1 Å². The normalized spacial score (nSPS) is 11.9. The van der Waals surface area contributed by atoms with Gasteiger partial charge in [-0.05, 0) is 86.9 Å². The monoisotopic (exact) mass is 789 g/mol. The van der Waals surface area contributed by atoms with Gasteiger partial charge in [-0.1, -0.05) is 158 Å². The molecule has 62 heavy (non-hydrogen) atoms. The molecular weight excluding hydrogens is 755 g/mol. The molecule has 0 aliphatic carbocycles. The van der Waals surface area contributed by atoms with Crippen LogP contribution >= 0.6 is 0 Å². The Morgan fingerprint density at radius 2 is 0.758 bits per heavy atom. The number of para-hydroxylation sites is 2. The van der Waals surface area contributed by atoms with Crippen LogP contribution in [0.25, 0.3) is 121 Å². The summed E-state index contributed by atoms with van der Waals surface area (Å²) >= 11 is 0. The summed E-state index contributed by atoms with van der Waals surface area (Å²) in [5.41, 5.74) is 9.48. The summed E-state index contributed by atoms with van der Waals surface area (Å²) in [5.74, 6) is 1.87. The van der Waals surface area contributed by atoms with Crippen LogP contribution in [0.4, 0.5) is 0 Å². The molecular formula is C57H35N5. The Bertz CT molecular complexity index is 3930. The molecule has 5 nitrogen and oxygen atoms in total. The van der Waals surface area contributed by atoms with E-state index in [2.05, 4.69) is 203 Å². The molecule has 0 radical (unpaired) electrons. The van der Waals surface area contributed by atoms with Crippen molar-refractivity contribution in [3.8, 4) is 45.5 Å². The lowest BCUT2D eigenvalue weighted by molar-refractivity contribution is 1.07. The van der Waals surface area contributed by atoms with E-state index in [4.69, 9.17) is 15.0 Å². The Labute approximate surface area is 356 Å². The Hall–Kier alpha value is -8.41. The highest BCUT2D eigenvalue weighted by Gasteiger charge is 2.23. The molecule has 0 unspecified atom stereocenters. The fourth-order valence-electron chi connectivity index (χ4n) is 9.71. The van der Waals surface area contributed by atoms with Gasteiger partial charge >= 0.3 is 0 Å². The van der Waals surface area contributed by atoms with Gasteiger partial charge in [0.2, 0.25) is 0 Å². The predicted molar refractivity (Wildman–Crippen MR) is 257 cm³/mol. The average molecular weight is 790 g/mol. The summed E-state index contributed by atoms with van der Waals surface area (Å²) in [5, 5.41) is 11.9. The molecule has 0 aliphatic rings. The molecule has 0 atom stereocenters. The first-order valence-electron chi connectivity index (χ1n) is 21.0. The minimum absolute atomic E-state index is 0.610. The van der Waals surface area contributed by atoms with Crippen LogP contribution in [0.5, 0.6) is 0 Å². The smallest absolute Gasteiger partial charge is 0.166 e. The Morgan fingerprint density at radius 3 is 1.53 bits per heavy atom. The molecule has 3 aromatic heterocycles. The molecule has 13 rings (SSSR count). The second-order valence-electron chi connectivity index (χ2n) is 16.0. The lowest BCUT2D eigenvalue weighted by atomic mass is 10.0. The maximum absolute atomic E-state index is 5.34. The van der Waals surface area contributed by atoms with Crippen LogP contribution in [0.3, 0.4) is 0 Å². The molecule has 0 saturated heterocycles. The van der Waals surface area contributed by atoms with Gasteiger partial charge in [-0.2, -0.15) is 0 Å². The third kappa shape index (κ3) is 5.25. The highest BCUT2D eigenvalue weighted by Crippen LogP contribution is 2.43. The van der Waals surface area contributed by atoms with Gasteiger partial charge < -0.3 is 9.13 Å². The zero-order valence-electron chi connectivity index (χ0n) is 33.4. The van der Waals surface area contributed by atoms with Gasteiger partial charge in [-0.3, -0.25) is 0 Å². The van der Waals surface area contributed by atoms with Gasteiger partial charge in [-0.15, -0.1) is 0 Å². The predicted octanol–water partition coefficient (Wildman–Crippen LogP) is 14.5. The van der Waals surface area contributed by atoms with Crippen molar-refractivity contribution in [1.29, 1.82) is 0 Å². The molecule has 0 fully saturated rings. The van der Waals surface area contributed by atoms with Gasteiger partial charge in [0.05, 0.1) is 33.4 Å². The number of hydrogen-bond acceptors (Lipinski definition) is 3. The quantitative estimate of drug-likeness (QED) is 0.174. The molecule has 0 saturated carbocycles. The van der Waals surface area contributed by atoms with Crippen molar-refractivity contribution in [2.75, 3.05) is 0 Å². The number of hydrogen-bond donors (Lipinski definition) is 0. The first-order valence-corrected chi connectivity index (χ1v) is 21.0. The van der Waals surface area contributed by atoms with Crippen LogP contribution in [-0.2, 0) is 0 Å². The van der Waals surface area contributed by atoms with Crippen molar-refractivity contribution >= 4 is 75.9 Å². The van der Waals surface area contributed by atoms with E-state index < -0.39 is 0 Å². The maximum Gasteiger partial charge on any atom is 0.166 e. The van der Waals surface area contributed by atoms with E-state index in [1.165, 1.54) is 54.1 Å². The molecule has 0 N–H and O–H groups in total. The van der Waals surface area contributed by atoms with E-state index in [1.54, 1.807) is 0 Å². The van der Waals surface area contributed by atoms with Crippen molar-refractivity contribution in [2.24, 2.45) is 0 Å². The summed E-state index contributed by atoms with van der Waals surface area (Å²) in [6.07, 6.45) is 0. The standard InChI is InChI=1S/C57H35N5/c1-2-17-37(18-3-1)55-58-56(44-27-14-23-36-16-8-9-24-42(36)44)60-57(59-55)45-26-11-13-29-49(45)62-51-31-15-30-50(54(51)47-33-39-20-5-7-22-41(39)35-53(47)62)61-48-28-12-10-25-43(48)46-32-38-19-4-6-21-40(38)34-52(46)61/h1-35H. The minimum Gasteiger partial charge on any atom is -0.309 e. The molecule has 10 aromatic carbocycles. The topological polar surface area (TPSA) is 48.5 Å². The average Bonchev–Trinajstić information content (AvgIpc) is 3.84. The minimum atomic E-state index is 0.610. The highest BCUT2D eigenvalue weighted by molar-refractivity contribution is 6.20. The molecule has 13 aromatic rings. The second kappa shape index (κ2) is 13.6. The zero-order chi connectivity index (χ0) is 40.7. The van der Waals surface area contributed by atoms with Gasteiger partial charge in [-0.25, -0.2) is 15.0 Å². The van der Waals surface area contributed by atoms with Crippen LogP contribution in [0.2, 0.25) is 0 Å². The third-order valence-corrected chi connectivity index (χ3v) is 12.5. The lowest BCUT2D eigenvalue weighted by Gasteiger charge is -2.15. The van der Waals surface area contributed by atoms with Gasteiger partial charge in [0, 0.05) is 38.2 Å². The molecule has 3 heterocycles. The van der Waals surface area contributed by atoms with Crippen LogP contribution in [0.1, 0.15) is 0 Å². The third-order valence-electron chi connectivity index (χ3n) is 12.5. The Balaban J connectivity index is 1.12. The van der Waals surface area contributed by atoms with Gasteiger partial charge in [0.25, 0.3) is 0 Å². The first kappa shape index (κ1) is 34.5. The van der Waals surface area contributed by atoms with Crippen LogP contribution in [0, 0.1) is 0 Å². The van der Waals surface area contributed by atoms with Gasteiger partial charge in [0.15, 0.2) is 17.5 Å². The Kier molecular flexibility index (Phi) is 7.54. The summed E-state index contributed by atoms with van der Waals surface area (Å²) in [6, 6.07) is 75.8. The molecule has 0 spiro atoms. The molecule has 0 amide bonds. The van der Waals surface area contributed by atoms with Crippen molar-refractivity contribution < 1.29 is 0 Å². The van der Waals surface area contributed by atoms with Crippen molar-refractivity contribution in [3.05, 3.63) is 212 Å². The SMILES string of the molecule is c1ccc(-c2nc(-c3ccccc3-n3c4cc5ccccc5cc4c4c(-n5c6ccccc6c6cc7ccccc7cc65)cccc43)nc(-c3cccc4ccccc34)n2)cc1. The van der Waals surface area contributed by atoms with E-state index in [-0.39, 0.29) is 0 Å². The van der Waals surface area contributed by atoms with E-state index in [0.29, 0.717) is 17.5 Å². The van der Waals surface area contributed by atoms with Crippen LogP contribution in [0.15, 0.2) is 212 Å². The lowest BCUT2D eigenvalue weighted by Crippen LogP contribution is -2.04. The fraction of sp³-hybridized carbons (Fsp3) is 0. The van der Waals surface area contributed by atoms with Crippen LogP contribution < -0.4 is 0 Å². The number of benzene rings is 10. The number of rotatable bonds is 5. The summed E-state index contributed by atoms with van der Waals surface area (Å²) in [4.78, 5) is 15.8. The summed E-state index contributed by atoms with van der Waals surface area (Å²) < 4.78 is 4.89. The number of fused-ring (bicyclic) bond motifs is 9. The van der Waals surface area contributed by atoms with Gasteiger partial charge in [0.1, 0.15) is 0 Å². The van der Waals surface area contributed by atoms with E-state index >= 15 is 0 Å². The Morgan fingerprint density at radius 1 is 0.274 bits per heavy atom. The fourth-order valence-corrected chi connectivity index (χ4v) is 9.71. The molecule has 0 aliphatic heterocycles. The van der Waals surface area contributed by atoms with Crippen molar-refractivity contribution in [3.63, 3.8) is 0 Å². The number of nitrogens with zero attached hydrogens (tertiary/aromatic N) is 5.